The van der Waals surface area contributed by atoms with Crippen LogP contribution >= 0.6 is 0 Å². The summed E-state index contributed by atoms with van der Waals surface area (Å²) >= 11 is 0. The fraction of sp³-hybridized carbons (Fsp3) is 0.467. The van der Waals surface area contributed by atoms with Crippen LogP contribution in [0.4, 0.5) is 0 Å². The maximum atomic E-state index is 12.5. The minimum atomic E-state index is -1.06. The molecule has 0 aliphatic carbocycles. The summed E-state index contributed by atoms with van der Waals surface area (Å²) in [7, 11) is 1.47. The zero-order chi connectivity index (χ0) is 15.8. The molecule has 0 aliphatic heterocycles. The number of methoxy groups -OCH3 is 1. The largest absolute Gasteiger partial charge is 0.496 e. The topological polar surface area (TPSA) is 95.9 Å². The summed E-state index contributed by atoms with van der Waals surface area (Å²) < 4.78 is 5.17. The number of aryl methyl sites for hydroxylation is 1. The zero-order valence-corrected chi connectivity index (χ0v) is 12.3. The number of Topliss-reactive ketones (excluding diaryl/α,β-unsaturated/α-hetero) is 1. The van der Waals surface area contributed by atoms with Gasteiger partial charge in [0.2, 0.25) is 0 Å². The van der Waals surface area contributed by atoms with Crippen molar-refractivity contribution in [3.05, 3.63) is 29.3 Å². The van der Waals surface area contributed by atoms with E-state index in [1.807, 2.05) is 13.0 Å². The van der Waals surface area contributed by atoms with Gasteiger partial charge in [-0.15, -0.1) is 0 Å². The normalized spacial score (nSPS) is 12.0. The maximum absolute atomic E-state index is 12.5. The molecule has 3 N–H and O–H groups in total. The van der Waals surface area contributed by atoms with Crippen molar-refractivity contribution in [3.63, 3.8) is 0 Å². The molecule has 0 amide bonds. The number of carboxylic acid groups (broad SMARTS) is 1. The fourth-order valence-corrected chi connectivity index (χ4v) is 1.99. The highest BCUT2D eigenvalue weighted by molar-refractivity contribution is 6.04. The molecule has 21 heavy (non-hydrogen) atoms. The van der Waals surface area contributed by atoms with Crippen molar-refractivity contribution in [1.82, 2.24) is 5.32 Å². The first kappa shape index (κ1) is 17.1. The van der Waals surface area contributed by atoms with Gasteiger partial charge in [0.1, 0.15) is 5.75 Å². The average Bonchev–Trinajstić information content (AvgIpc) is 2.45. The van der Waals surface area contributed by atoms with Gasteiger partial charge in [-0.1, -0.05) is 11.6 Å². The van der Waals surface area contributed by atoms with Crippen LogP contribution in [-0.4, -0.2) is 48.3 Å². The predicted molar refractivity (Wildman–Crippen MR) is 77.8 cm³/mol. The van der Waals surface area contributed by atoms with Crippen LogP contribution in [0, 0.1) is 6.92 Å². The van der Waals surface area contributed by atoms with Gasteiger partial charge >= 0.3 is 5.97 Å². The Labute approximate surface area is 123 Å². The van der Waals surface area contributed by atoms with E-state index in [1.54, 1.807) is 12.1 Å². The van der Waals surface area contributed by atoms with Gasteiger partial charge in [0.25, 0.3) is 0 Å². The SMILES string of the molecule is COc1ccc(C)cc1C(=O)C(CC(=O)O)NCCCO. The van der Waals surface area contributed by atoms with E-state index in [0.717, 1.165) is 5.56 Å². The number of nitrogens with one attached hydrogen (secondary N) is 1. The number of aliphatic hydroxyl groups is 1. The fourth-order valence-electron chi connectivity index (χ4n) is 1.99. The van der Waals surface area contributed by atoms with Crippen LogP contribution in [-0.2, 0) is 4.79 Å². The number of rotatable bonds is 9. The van der Waals surface area contributed by atoms with Crippen molar-refractivity contribution in [2.24, 2.45) is 0 Å². The minimum absolute atomic E-state index is 0.0191. The monoisotopic (exact) mass is 295 g/mol. The van der Waals surface area contributed by atoms with E-state index in [9.17, 15) is 9.59 Å². The molecule has 0 radical (unpaired) electrons. The minimum Gasteiger partial charge on any atom is -0.496 e. The molecule has 1 aromatic carbocycles. The van der Waals surface area contributed by atoms with Crippen molar-refractivity contribution in [2.75, 3.05) is 20.3 Å². The van der Waals surface area contributed by atoms with Crippen LogP contribution in [0.3, 0.4) is 0 Å². The molecule has 0 bridgehead atoms. The number of carboxylic acids is 1. The Morgan fingerprint density at radius 1 is 1.38 bits per heavy atom. The molecular weight excluding hydrogens is 274 g/mol. The molecule has 6 heteroatoms. The van der Waals surface area contributed by atoms with Crippen LogP contribution in [0.2, 0.25) is 0 Å². The van der Waals surface area contributed by atoms with Gasteiger partial charge in [-0.05, 0) is 32.0 Å². The second-order valence-electron chi connectivity index (χ2n) is 4.75. The highest BCUT2D eigenvalue weighted by atomic mass is 16.5. The number of carbonyl (C=O) groups excluding carboxylic acids is 1. The Morgan fingerprint density at radius 3 is 2.67 bits per heavy atom. The molecule has 0 fully saturated rings. The highest BCUT2D eigenvalue weighted by Gasteiger charge is 2.25. The number of hydrogen-bond acceptors (Lipinski definition) is 5. The van der Waals surface area contributed by atoms with Gasteiger partial charge in [-0.3, -0.25) is 9.59 Å². The molecule has 1 unspecified atom stereocenters. The molecule has 0 saturated heterocycles. The van der Waals surface area contributed by atoms with E-state index in [0.29, 0.717) is 24.3 Å². The Morgan fingerprint density at radius 2 is 2.10 bits per heavy atom. The van der Waals surface area contributed by atoms with E-state index in [1.165, 1.54) is 7.11 Å². The number of aliphatic hydroxyl groups excluding tert-OH is 1. The number of benzene rings is 1. The molecular formula is C15H21NO5. The Hall–Kier alpha value is -1.92. The Kier molecular flexibility index (Phi) is 6.84. The average molecular weight is 295 g/mol. The van der Waals surface area contributed by atoms with E-state index >= 15 is 0 Å². The van der Waals surface area contributed by atoms with Crippen molar-refractivity contribution < 1.29 is 24.5 Å². The van der Waals surface area contributed by atoms with Crippen molar-refractivity contribution in [2.45, 2.75) is 25.8 Å². The van der Waals surface area contributed by atoms with Crippen molar-refractivity contribution in [1.29, 1.82) is 0 Å². The lowest BCUT2D eigenvalue weighted by Gasteiger charge is -2.17. The molecule has 0 spiro atoms. The second kappa shape index (κ2) is 8.39. The van der Waals surface area contributed by atoms with Gasteiger partial charge in [0.15, 0.2) is 5.78 Å². The van der Waals surface area contributed by atoms with Crippen LogP contribution < -0.4 is 10.1 Å². The summed E-state index contributed by atoms with van der Waals surface area (Å²) in [6, 6.07) is 4.35. The van der Waals surface area contributed by atoms with E-state index in [4.69, 9.17) is 14.9 Å². The third-order valence-electron chi connectivity index (χ3n) is 3.04. The quantitative estimate of drug-likeness (QED) is 0.465. The molecule has 0 heterocycles. The Balaban J connectivity index is 2.97. The second-order valence-corrected chi connectivity index (χ2v) is 4.75. The van der Waals surface area contributed by atoms with Gasteiger partial charge in [0, 0.05) is 6.61 Å². The molecule has 1 aromatic rings. The molecule has 0 saturated carbocycles. The summed E-state index contributed by atoms with van der Waals surface area (Å²) in [5.41, 5.74) is 1.25. The first-order chi connectivity index (χ1) is 9.99. The summed E-state index contributed by atoms with van der Waals surface area (Å²) in [6.07, 6.45) is 0.135. The first-order valence-electron chi connectivity index (χ1n) is 6.74. The summed E-state index contributed by atoms with van der Waals surface area (Å²) in [4.78, 5) is 23.5. The standard InChI is InChI=1S/C15H21NO5/c1-10-4-5-13(21-2)11(8-10)15(20)12(9-14(18)19)16-6-3-7-17/h4-5,8,12,16-17H,3,6-7,9H2,1-2H3,(H,18,19). The van der Waals surface area contributed by atoms with Gasteiger partial charge < -0.3 is 20.3 Å². The third-order valence-corrected chi connectivity index (χ3v) is 3.04. The van der Waals surface area contributed by atoms with Crippen molar-refractivity contribution in [3.8, 4) is 5.75 Å². The molecule has 0 aromatic heterocycles. The van der Waals surface area contributed by atoms with E-state index in [-0.39, 0.29) is 18.8 Å². The lowest BCUT2D eigenvalue weighted by Crippen LogP contribution is -2.39. The molecule has 1 atom stereocenters. The Bertz CT molecular complexity index is 501. The lowest BCUT2D eigenvalue weighted by molar-refractivity contribution is -0.137. The molecule has 116 valence electrons. The number of hydrogen-bond donors (Lipinski definition) is 3. The van der Waals surface area contributed by atoms with Crippen LogP contribution in [0.5, 0.6) is 5.75 Å². The molecule has 1 rings (SSSR count). The smallest absolute Gasteiger partial charge is 0.305 e. The van der Waals surface area contributed by atoms with Crippen LogP contribution in [0.1, 0.15) is 28.8 Å². The molecule has 6 nitrogen and oxygen atoms in total. The number of ketones is 1. The number of ether oxygens (including phenoxy) is 1. The first-order valence-corrected chi connectivity index (χ1v) is 6.74. The predicted octanol–water partition coefficient (Wildman–Crippen LogP) is 1.00. The van der Waals surface area contributed by atoms with Gasteiger partial charge in [-0.2, -0.15) is 0 Å². The number of aliphatic carboxylic acids is 1. The maximum Gasteiger partial charge on any atom is 0.305 e. The van der Waals surface area contributed by atoms with Crippen molar-refractivity contribution >= 4 is 11.8 Å². The lowest BCUT2D eigenvalue weighted by atomic mass is 9.99. The highest BCUT2D eigenvalue weighted by Crippen LogP contribution is 2.22. The molecule has 0 aliphatic rings. The van der Waals surface area contributed by atoms with Crippen LogP contribution in [0.25, 0.3) is 0 Å². The third kappa shape index (κ3) is 5.17. The summed E-state index contributed by atoms with van der Waals surface area (Å²) in [5, 5.41) is 20.6. The van der Waals surface area contributed by atoms with E-state index < -0.39 is 12.0 Å². The summed E-state index contributed by atoms with van der Waals surface area (Å²) in [6.45, 7) is 2.20. The van der Waals surface area contributed by atoms with Gasteiger partial charge in [0.05, 0.1) is 25.1 Å². The summed E-state index contributed by atoms with van der Waals surface area (Å²) in [5.74, 6) is -0.961. The van der Waals surface area contributed by atoms with E-state index in [2.05, 4.69) is 5.32 Å². The number of carbonyl (C=O) groups is 2. The zero-order valence-electron chi connectivity index (χ0n) is 12.3. The van der Waals surface area contributed by atoms with Gasteiger partial charge in [-0.25, -0.2) is 0 Å². The van der Waals surface area contributed by atoms with Crippen LogP contribution in [0.15, 0.2) is 18.2 Å².